The highest BCUT2D eigenvalue weighted by Gasteiger charge is 2.29. The first kappa shape index (κ1) is 15.5. The topological polar surface area (TPSA) is 26.8 Å². The number of ketones is 1. The lowest BCUT2D eigenvalue weighted by Gasteiger charge is -2.45. The van der Waals surface area contributed by atoms with Gasteiger partial charge in [0.2, 0.25) is 0 Å². The zero-order chi connectivity index (χ0) is 15.4. The van der Waals surface area contributed by atoms with Crippen molar-refractivity contribution >= 4 is 11.5 Å². The minimum absolute atomic E-state index is 0.446. The summed E-state index contributed by atoms with van der Waals surface area (Å²) in [6.45, 7) is 7.59. The molecular weight excluding hydrogens is 274 g/mol. The maximum Gasteiger partial charge on any atom is 0.133 e. The number of carbonyl (C=O) groups excluding carboxylic acids is 1. The first-order chi connectivity index (χ1) is 10.8. The number of anilines is 1. The van der Waals surface area contributed by atoms with Crippen LogP contribution in [0.1, 0.15) is 32.6 Å². The summed E-state index contributed by atoms with van der Waals surface area (Å²) in [5.41, 5.74) is 1.33. The van der Waals surface area contributed by atoms with Gasteiger partial charge in [-0.1, -0.05) is 25.1 Å². The molecule has 1 aliphatic carbocycles. The van der Waals surface area contributed by atoms with Crippen molar-refractivity contribution in [3.8, 4) is 0 Å². The van der Waals surface area contributed by atoms with Gasteiger partial charge in [0.1, 0.15) is 5.78 Å². The Morgan fingerprint density at radius 3 is 2.27 bits per heavy atom. The molecule has 0 bridgehead atoms. The lowest BCUT2D eigenvalue weighted by molar-refractivity contribution is -0.124. The smallest absolute Gasteiger partial charge is 0.133 e. The predicted octanol–water partition coefficient (Wildman–Crippen LogP) is 2.56. The fourth-order valence-electron chi connectivity index (χ4n) is 3.76. The highest BCUT2D eigenvalue weighted by atomic mass is 16.1. The van der Waals surface area contributed by atoms with Crippen LogP contribution in [0.15, 0.2) is 30.3 Å². The van der Waals surface area contributed by atoms with Crippen LogP contribution in [-0.4, -0.2) is 54.6 Å². The summed E-state index contributed by atoms with van der Waals surface area (Å²) in [6, 6.07) is 11.2. The number of hydrogen-bond acceptors (Lipinski definition) is 4. The molecule has 4 nitrogen and oxygen atoms in total. The Balaban J connectivity index is 1.56. The quantitative estimate of drug-likeness (QED) is 0.854. The SMILES string of the molecule is CCN(C1CCC(=O)CC1)N1CCN(c2ccccc2)CC1. The van der Waals surface area contributed by atoms with Crippen molar-refractivity contribution in [2.75, 3.05) is 37.6 Å². The molecule has 1 saturated carbocycles. The lowest BCUT2D eigenvalue weighted by atomic mass is 9.94. The van der Waals surface area contributed by atoms with Crippen molar-refractivity contribution in [1.82, 2.24) is 10.0 Å². The van der Waals surface area contributed by atoms with Crippen molar-refractivity contribution in [3.05, 3.63) is 30.3 Å². The van der Waals surface area contributed by atoms with Gasteiger partial charge >= 0.3 is 0 Å². The fourth-order valence-corrected chi connectivity index (χ4v) is 3.76. The average Bonchev–Trinajstić information content (AvgIpc) is 2.59. The van der Waals surface area contributed by atoms with Gasteiger partial charge in [-0.2, -0.15) is 0 Å². The molecule has 1 aromatic rings. The summed E-state index contributed by atoms with van der Waals surface area (Å²) in [7, 11) is 0. The molecule has 0 atom stereocenters. The van der Waals surface area contributed by atoms with Gasteiger partial charge in [-0.05, 0) is 25.0 Å². The van der Waals surface area contributed by atoms with Crippen LogP contribution >= 0.6 is 0 Å². The van der Waals surface area contributed by atoms with Gasteiger partial charge in [0.25, 0.3) is 0 Å². The lowest BCUT2D eigenvalue weighted by Crippen LogP contribution is -2.57. The van der Waals surface area contributed by atoms with Gasteiger partial charge in [0.15, 0.2) is 0 Å². The van der Waals surface area contributed by atoms with Gasteiger partial charge in [-0.25, -0.2) is 10.0 Å². The Labute approximate surface area is 133 Å². The third-order valence-electron chi connectivity index (χ3n) is 5.00. The minimum Gasteiger partial charge on any atom is -0.369 e. The van der Waals surface area contributed by atoms with E-state index in [1.807, 2.05) is 0 Å². The van der Waals surface area contributed by atoms with Crippen LogP contribution in [0.4, 0.5) is 5.69 Å². The Bertz CT molecular complexity index is 472. The molecule has 120 valence electrons. The average molecular weight is 301 g/mol. The standard InChI is InChI=1S/C18H27N3O/c1-2-21(17-8-10-18(22)11-9-17)20-14-12-19(13-15-20)16-6-4-3-5-7-16/h3-7,17H,2,8-15H2,1H3. The Kier molecular flexibility index (Phi) is 5.11. The Morgan fingerprint density at radius 1 is 1.05 bits per heavy atom. The van der Waals surface area contributed by atoms with Gasteiger partial charge in [0.05, 0.1) is 0 Å². The Hall–Kier alpha value is -1.39. The van der Waals surface area contributed by atoms with Crippen molar-refractivity contribution in [3.63, 3.8) is 0 Å². The van der Waals surface area contributed by atoms with E-state index in [0.717, 1.165) is 58.4 Å². The van der Waals surface area contributed by atoms with E-state index in [2.05, 4.69) is 52.2 Å². The van der Waals surface area contributed by atoms with E-state index in [9.17, 15) is 4.79 Å². The molecule has 1 aromatic carbocycles. The molecule has 22 heavy (non-hydrogen) atoms. The van der Waals surface area contributed by atoms with Gasteiger partial charge in [0, 0.05) is 57.3 Å². The van der Waals surface area contributed by atoms with Gasteiger partial charge < -0.3 is 4.90 Å². The van der Waals surface area contributed by atoms with E-state index >= 15 is 0 Å². The molecule has 1 saturated heterocycles. The molecule has 1 aliphatic heterocycles. The molecule has 0 aromatic heterocycles. The summed E-state index contributed by atoms with van der Waals surface area (Å²) in [4.78, 5) is 13.9. The molecule has 0 amide bonds. The zero-order valence-corrected chi connectivity index (χ0v) is 13.6. The summed E-state index contributed by atoms with van der Waals surface area (Å²) in [5, 5.41) is 5.04. The van der Waals surface area contributed by atoms with Gasteiger partial charge in [-0.15, -0.1) is 0 Å². The van der Waals surface area contributed by atoms with Crippen LogP contribution < -0.4 is 4.90 Å². The van der Waals surface area contributed by atoms with Gasteiger partial charge in [-0.3, -0.25) is 4.79 Å². The highest BCUT2D eigenvalue weighted by Crippen LogP contribution is 2.23. The number of para-hydroxylation sites is 1. The normalized spacial score (nSPS) is 21.5. The molecule has 0 N–H and O–H groups in total. The largest absolute Gasteiger partial charge is 0.369 e. The molecule has 2 aliphatic rings. The molecule has 0 radical (unpaired) electrons. The van der Waals surface area contributed by atoms with E-state index in [1.54, 1.807) is 0 Å². The number of nitrogens with zero attached hydrogens (tertiary/aromatic N) is 3. The van der Waals surface area contributed by atoms with E-state index in [4.69, 9.17) is 0 Å². The molecule has 0 spiro atoms. The summed E-state index contributed by atoms with van der Waals surface area (Å²) in [5.74, 6) is 0.446. The molecule has 0 unspecified atom stereocenters. The van der Waals surface area contributed by atoms with E-state index in [-0.39, 0.29) is 0 Å². The zero-order valence-electron chi connectivity index (χ0n) is 13.6. The first-order valence-corrected chi connectivity index (χ1v) is 8.61. The third-order valence-corrected chi connectivity index (χ3v) is 5.00. The van der Waals surface area contributed by atoms with E-state index in [0.29, 0.717) is 11.8 Å². The van der Waals surface area contributed by atoms with Crippen LogP contribution in [-0.2, 0) is 4.79 Å². The second-order valence-corrected chi connectivity index (χ2v) is 6.30. The summed E-state index contributed by atoms with van der Waals surface area (Å²) < 4.78 is 0. The van der Waals surface area contributed by atoms with E-state index in [1.165, 1.54) is 5.69 Å². The number of hydrazine groups is 1. The number of carbonyl (C=O) groups is 1. The van der Waals surface area contributed by atoms with Crippen molar-refractivity contribution < 1.29 is 4.79 Å². The van der Waals surface area contributed by atoms with Crippen molar-refractivity contribution in [2.24, 2.45) is 0 Å². The number of piperazine rings is 1. The summed E-state index contributed by atoms with van der Waals surface area (Å²) in [6.07, 6.45) is 3.60. The third kappa shape index (κ3) is 3.50. The van der Waals surface area contributed by atoms with E-state index < -0.39 is 0 Å². The minimum atomic E-state index is 0.446. The number of hydrogen-bond donors (Lipinski definition) is 0. The number of Topliss-reactive ketones (excluding diaryl/α,β-unsaturated/α-hetero) is 1. The van der Waals surface area contributed by atoms with Crippen molar-refractivity contribution in [2.45, 2.75) is 38.6 Å². The van der Waals surface area contributed by atoms with Crippen LogP contribution in [0, 0.1) is 0 Å². The highest BCUT2D eigenvalue weighted by molar-refractivity contribution is 5.79. The monoisotopic (exact) mass is 301 g/mol. The molecular formula is C18H27N3O. The maximum atomic E-state index is 11.5. The fraction of sp³-hybridized carbons (Fsp3) is 0.611. The van der Waals surface area contributed by atoms with Crippen molar-refractivity contribution in [1.29, 1.82) is 0 Å². The Morgan fingerprint density at radius 2 is 1.68 bits per heavy atom. The molecule has 1 heterocycles. The second kappa shape index (κ2) is 7.25. The number of rotatable bonds is 4. The summed E-state index contributed by atoms with van der Waals surface area (Å²) >= 11 is 0. The molecule has 3 rings (SSSR count). The van der Waals surface area contributed by atoms with Crippen LogP contribution in [0.5, 0.6) is 0 Å². The second-order valence-electron chi connectivity index (χ2n) is 6.30. The van der Waals surface area contributed by atoms with Crippen LogP contribution in [0.3, 0.4) is 0 Å². The van der Waals surface area contributed by atoms with Crippen LogP contribution in [0.2, 0.25) is 0 Å². The number of benzene rings is 1. The maximum absolute atomic E-state index is 11.5. The molecule has 2 fully saturated rings. The van der Waals surface area contributed by atoms with Crippen LogP contribution in [0.25, 0.3) is 0 Å². The first-order valence-electron chi connectivity index (χ1n) is 8.61. The molecule has 4 heteroatoms. The predicted molar refractivity (Wildman–Crippen MR) is 89.9 cm³/mol.